The number of ether oxygens (including phenoxy) is 1. The fourth-order valence-corrected chi connectivity index (χ4v) is 1.64. The molecule has 1 atom stereocenters. The van der Waals surface area contributed by atoms with Gasteiger partial charge in [-0.3, -0.25) is 0 Å². The normalized spacial score (nSPS) is 12.3. The highest BCUT2D eigenvalue weighted by Crippen LogP contribution is 2.15. The molecule has 0 aliphatic heterocycles. The lowest BCUT2D eigenvalue weighted by Gasteiger charge is -2.09. The molecule has 0 aromatic rings. The summed E-state index contributed by atoms with van der Waals surface area (Å²) in [6.45, 7) is 14.9. The molecule has 0 aromatic heterocycles. The van der Waals surface area contributed by atoms with Crippen LogP contribution in [0.2, 0.25) is 0 Å². The zero-order chi connectivity index (χ0) is 14.2. The molecule has 0 fully saturated rings. The van der Waals surface area contributed by atoms with Gasteiger partial charge in [-0.15, -0.1) is 0 Å². The van der Waals surface area contributed by atoms with Crippen LogP contribution in [0.4, 0.5) is 0 Å². The second-order valence-corrected chi connectivity index (χ2v) is 3.99. The van der Waals surface area contributed by atoms with Crippen LogP contribution >= 0.6 is 0 Å². The first-order chi connectivity index (χ1) is 8.74. The molecule has 18 heavy (non-hydrogen) atoms. The molecule has 0 aromatic carbocycles. The summed E-state index contributed by atoms with van der Waals surface area (Å²) in [5.74, 6) is 1.57. The molecule has 1 heteroatoms. The summed E-state index contributed by atoms with van der Waals surface area (Å²) in [4.78, 5) is 0. The van der Waals surface area contributed by atoms with Crippen LogP contribution in [0.5, 0.6) is 0 Å². The largest absolute Gasteiger partial charge is 0.495 e. The van der Waals surface area contributed by atoms with Crippen LogP contribution in [-0.4, -0.2) is 6.61 Å². The molecule has 0 rings (SSSR count). The Morgan fingerprint density at radius 1 is 1.17 bits per heavy atom. The van der Waals surface area contributed by atoms with Crippen molar-refractivity contribution in [2.24, 2.45) is 5.92 Å². The summed E-state index contributed by atoms with van der Waals surface area (Å²) in [5.41, 5.74) is 0. The Kier molecular flexibility index (Phi) is 17.2. The van der Waals surface area contributed by atoms with Crippen molar-refractivity contribution >= 4 is 0 Å². The summed E-state index contributed by atoms with van der Waals surface area (Å²) < 4.78 is 5.21. The average molecular weight is 252 g/mol. The molecule has 0 saturated heterocycles. The quantitative estimate of drug-likeness (QED) is 0.367. The summed E-state index contributed by atoms with van der Waals surface area (Å²) in [7, 11) is 0. The molecule has 0 aliphatic rings. The average Bonchev–Trinajstić information content (AvgIpc) is 2.39. The predicted octanol–water partition coefficient (Wildman–Crippen LogP) is 5.89. The SMILES string of the molecule is C=C(/C=C\C=C/CC(CC)CCC)OCC.CC. The van der Waals surface area contributed by atoms with E-state index in [-0.39, 0.29) is 0 Å². The van der Waals surface area contributed by atoms with Crippen molar-refractivity contribution in [3.63, 3.8) is 0 Å². The molecule has 0 heterocycles. The minimum absolute atomic E-state index is 0.682. The highest BCUT2D eigenvalue weighted by molar-refractivity contribution is 5.14. The third-order valence-electron chi connectivity index (χ3n) is 2.60. The van der Waals surface area contributed by atoms with E-state index in [0.717, 1.165) is 11.7 Å². The molecule has 0 aliphatic carbocycles. The predicted molar refractivity (Wildman–Crippen MR) is 83.7 cm³/mol. The first-order valence-electron chi connectivity index (χ1n) is 7.39. The van der Waals surface area contributed by atoms with E-state index in [9.17, 15) is 0 Å². The zero-order valence-electron chi connectivity index (χ0n) is 13.0. The van der Waals surface area contributed by atoms with E-state index < -0.39 is 0 Å². The maximum Gasteiger partial charge on any atom is 0.112 e. The fourth-order valence-electron chi connectivity index (χ4n) is 1.64. The molecule has 0 radical (unpaired) electrons. The molecule has 1 unspecified atom stereocenters. The molecular weight excluding hydrogens is 220 g/mol. The van der Waals surface area contributed by atoms with Gasteiger partial charge in [-0.05, 0) is 25.3 Å². The van der Waals surface area contributed by atoms with Crippen LogP contribution in [0.25, 0.3) is 0 Å². The number of hydrogen-bond acceptors (Lipinski definition) is 1. The molecule has 0 spiro atoms. The van der Waals surface area contributed by atoms with Gasteiger partial charge in [-0.2, -0.15) is 0 Å². The van der Waals surface area contributed by atoms with Crippen LogP contribution in [-0.2, 0) is 4.74 Å². The van der Waals surface area contributed by atoms with Gasteiger partial charge in [-0.1, -0.05) is 71.8 Å². The van der Waals surface area contributed by atoms with Crippen molar-refractivity contribution < 1.29 is 4.74 Å². The Morgan fingerprint density at radius 2 is 1.83 bits per heavy atom. The van der Waals surface area contributed by atoms with Gasteiger partial charge >= 0.3 is 0 Å². The maximum absolute atomic E-state index is 5.21. The lowest BCUT2D eigenvalue weighted by Crippen LogP contribution is -1.95. The standard InChI is InChI=1S/C15H26O.C2H6/c1-5-11-15(6-2)13-10-8-9-12-14(4)16-7-3;1-2/h8-10,12,15H,4-7,11,13H2,1-3H3;1-2H3/b10-8-,12-9-;. The lowest BCUT2D eigenvalue weighted by atomic mass is 9.97. The van der Waals surface area contributed by atoms with Gasteiger partial charge in [0.2, 0.25) is 0 Å². The Hall–Kier alpha value is -0.980. The summed E-state index contributed by atoms with van der Waals surface area (Å²) in [6, 6.07) is 0. The Morgan fingerprint density at radius 3 is 2.33 bits per heavy atom. The van der Waals surface area contributed by atoms with Crippen LogP contribution in [0, 0.1) is 5.92 Å². The summed E-state index contributed by atoms with van der Waals surface area (Å²) >= 11 is 0. The number of rotatable bonds is 9. The van der Waals surface area contributed by atoms with Gasteiger partial charge < -0.3 is 4.74 Å². The van der Waals surface area contributed by atoms with Gasteiger partial charge in [0, 0.05) is 0 Å². The molecule has 0 bridgehead atoms. The van der Waals surface area contributed by atoms with Gasteiger partial charge in [0.15, 0.2) is 0 Å². The highest BCUT2D eigenvalue weighted by atomic mass is 16.5. The van der Waals surface area contributed by atoms with Crippen molar-refractivity contribution in [3.8, 4) is 0 Å². The molecule has 0 amide bonds. The van der Waals surface area contributed by atoms with Gasteiger partial charge in [-0.25, -0.2) is 0 Å². The first kappa shape index (κ1) is 19.4. The minimum atomic E-state index is 0.682. The van der Waals surface area contributed by atoms with Crippen LogP contribution in [0.1, 0.15) is 60.3 Å². The van der Waals surface area contributed by atoms with E-state index >= 15 is 0 Å². The lowest BCUT2D eigenvalue weighted by molar-refractivity contribution is 0.244. The van der Waals surface area contributed by atoms with Crippen LogP contribution in [0.15, 0.2) is 36.6 Å². The summed E-state index contributed by atoms with van der Waals surface area (Å²) in [6.07, 6.45) is 13.3. The Bertz CT molecular complexity index is 226. The minimum Gasteiger partial charge on any atom is -0.495 e. The van der Waals surface area contributed by atoms with Gasteiger partial charge in [0.1, 0.15) is 5.76 Å². The Labute approximate surface area is 115 Å². The van der Waals surface area contributed by atoms with E-state index in [1.165, 1.54) is 25.7 Å². The van der Waals surface area contributed by atoms with E-state index in [1.807, 2.05) is 32.9 Å². The third-order valence-corrected chi connectivity index (χ3v) is 2.60. The molecule has 1 nitrogen and oxygen atoms in total. The second kappa shape index (κ2) is 16.0. The maximum atomic E-state index is 5.21. The topological polar surface area (TPSA) is 9.23 Å². The van der Waals surface area contributed by atoms with Crippen LogP contribution in [0.3, 0.4) is 0 Å². The van der Waals surface area contributed by atoms with Crippen molar-refractivity contribution in [1.82, 2.24) is 0 Å². The summed E-state index contributed by atoms with van der Waals surface area (Å²) in [5, 5.41) is 0. The smallest absolute Gasteiger partial charge is 0.112 e. The van der Waals surface area contributed by atoms with E-state index in [2.05, 4.69) is 32.6 Å². The van der Waals surface area contributed by atoms with Crippen molar-refractivity contribution in [2.45, 2.75) is 60.3 Å². The monoisotopic (exact) mass is 252 g/mol. The second-order valence-electron chi connectivity index (χ2n) is 3.99. The first-order valence-corrected chi connectivity index (χ1v) is 7.39. The fraction of sp³-hybridized carbons (Fsp3) is 0.647. The molecule has 0 saturated carbocycles. The van der Waals surface area contributed by atoms with Crippen LogP contribution < -0.4 is 0 Å². The third kappa shape index (κ3) is 13.1. The number of allylic oxidation sites excluding steroid dienone is 4. The van der Waals surface area contributed by atoms with E-state index in [4.69, 9.17) is 4.74 Å². The van der Waals surface area contributed by atoms with E-state index in [1.54, 1.807) is 0 Å². The van der Waals surface area contributed by atoms with Crippen molar-refractivity contribution in [3.05, 3.63) is 36.6 Å². The molecule has 106 valence electrons. The Balaban J connectivity index is 0. The van der Waals surface area contributed by atoms with E-state index in [0.29, 0.717) is 6.61 Å². The van der Waals surface area contributed by atoms with Gasteiger partial charge in [0.05, 0.1) is 6.61 Å². The highest BCUT2D eigenvalue weighted by Gasteiger charge is 2.00. The van der Waals surface area contributed by atoms with Crippen molar-refractivity contribution in [2.75, 3.05) is 6.61 Å². The molecular formula is C17H32O. The molecule has 0 N–H and O–H groups in total. The van der Waals surface area contributed by atoms with Crippen molar-refractivity contribution in [1.29, 1.82) is 0 Å². The zero-order valence-corrected chi connectivity index (χ0v) is 13.0. The number of hydrogen-bond donors (Lipinski definition) is 0. The van der Waals surface area contributed by atoms with Gasteiger partial charge in [0.25, 0.3) is 0 Å².